The summed E-state index contributed by atoms with van der Waals surface area (Å²) in [4.78, 5) is 13.8. The first kappa shape index (κ1) is 27.5. The van der Waals surface area contributed by atoms with Crippen molar-refractivity contribution in [3.05, 3.63) is 70.5 Å². The van der Waals surface area contributed by atoms with Gasteiger partial charge in [-0.3, -0.25) is 4.79 Å². The van der Waals surface area contributed by atoms with Crippen LogP contribution < -0.4 is 5.32 Å². The van der Waals surface area contributed by atoms with Crippen LogP contribution in [0.4, 0.5) is 4.39 Å². The molecule has 2 aromatic rings. The average Bonchev–Trinajstić information content (AvgIpc) is 3.51. The minimum atomic E-state index is -1.31. The van der Waals surface area contributed by atoms with E-state index in [4.69, 9.17) is 35.3 Å². The number of rotatable bonds is 9. The molecule has 1 N–H and O–H groups in total. The predicted octanol–water partition coefficient (Wildman–Crippen LogP) is 4.93. The number of benzene rings is 2. The lowest BCUT2D eigenvalue weighted by atomic mass is 9.78. The molecular weight excluding hydrogens is 513 g/mol. The van der Waals surface area contributed by atoms with Crippen LogP contribution in [0, 0.1) is 5.82 Å². The van der Waals surface area contributed by atoms with Gasteiger partial charge in [0.2, 0.25) is 0 Å². The molecule has 5 atom stereocenters. The van der Waals surface area contributed by atoms with Gasteiger partial charge in [0.05, 0.1) is 31.5 Å². The summed E-state index contributed by atoms with van der Waals surface area (Å²) < 4.78 is 45.4. The summed E-state index contributed by atoms with van der Waals surface area (Å²) >= 11 is 6.17. The zero-order valence-electron chi connectivity index (χ0n) is 21.8. The van der Waals surface area contributed by atoms with Crippen LogP contribution in [-0.2, 0) is 41.7 Å². The summed E-state index contributed by atoms with van der Waals surface area (Å²) in [5.41, 5.74) is -0.0371. The van der Waals surface area contributed by atoms with Crippen molar-refractivity contribution in [2.45, 2.75) is 88.5 Å². The maximum absolute atomic E-state index is 14.5. The SMILES string of the molecule is CC1(C)O[C@H]2[C@@H](OCc3cccc(Cl)c3)C[C@](OCc3ccccc3F)(C(=O)NC[C@@H]3CCCO3)C[C@H]2O1. The summed E-state index contributed by atoms with van der Waals surface area (Å²) in [6, 6.07) is 13.8. The predicted molar refractivity (Wildman–Crippen MR) is 139 cm³/mol. The molecule has 1 saturated carbocycles. The number of halogens is 2. The van der Waals surface area contributed by atoms with Crippen molar-refractivity contribution in [1.29, 1.82) is 0 Å². The van der Waals surface area contributed by atoms with Gasteiger partial charge in [0, 0.05) is 36.6 Å². The number of amides is 1. The molecule has 0 unspecified atom stereocenters. The molecule has 0 aromatic heterocycles. The van der Waals surface area contributed by atoms with E-state index >= 15 is 0 Å². The first-order valence-electron chi connectivity index (χ1n) is 13.2. The van der Waals surface area contributed by atoms with Crippen molar-refractivity contribution in [2.75, 3.05) is 13.2 Å². The Labute approximate surface area is 227 Å². The molecule has 1 aliphatic carbocycles. The maximum atomic E-state index is 14.5. The minimum Gasteiger partial charge on any atom is -0.376 e. The molecule has 1 amide bonds. The van der Waals surface area contributed by atoms with Gasteiger partial charge in [0.25, 0.3) is 5.91 Å². The van der Waals surface area contributed by atoms with Crippen molar-refractivity contribution in [2.24, 2.45) is 0 Å². The molecule has 2 heterocycles. The van der Waals surface area contributed by atoms with Gasteiger partial charge < -0.3 is 29.0 Å². The molecule has 0 bridgehead atoms. The first-order valence-corrected chi connectivity index (χ1v) is 13.6. The van der Waals surface area contributed by atoms with Crippen LogP contribution in [0.2, 0.25) is 5.02 Å². The van der Waals surface area contributed by atoms with Gasteiger partial charge in [-0.05, 0) is 50.5 Å². The van der Waals surface area contributed by atoms with E-state index in [0.717, 1.165) is 18.4 Å². The molecule has 0 radical (unpaired) electrons. The zero-order valence-corrected chi connectivity index (χ0v) is 22.5. The van der Waals surface area contributed by atoms with Crippen LogP contribution in [0.3, 0.4) is 0 Å². The van der Waals surface area contributed by atoms with Crippen LogP contribution in [-0.4, -0.2) is 54.9 Å². The lowest BCUT2D eigenvalue weighted by Crippen LogP contribution is -2.60. The van der Waals surface area contributed by atoms with Crippen molar-refractivity contribution in [3.8, 4) is 0 Å². The molecule has 0 spiro atoms. The summed E-state index contributed by atoms with van der Waals surface area (Å²) in [6.45, 7) is 4.98. The fraction of sp³-hybridized carbons (Fsp3) is 0.552. The van der Waals surface area contributed by atoms with Crippen molar-refractivity contribution >= 4 is 17.5 Å². The third kappa shape index (κ3) is 6.38. The fourth-order valence-electron chi connectivity index (χ4n) is 5.54. The molecule has 38 heavy (non-hydrogen) atoms. The second-order valence-corrected chi connectivity index (χ2v) is 11.2. The number of carbonyl (C=O) groups excluding carboxylic acids is 1. The fourth-order valence-corrected chi connectivity index (χ4v) is 5.76. The minimum absolute atomic E-state index is 0.0289. The second-order valence-electron chi connectivity index (χ2n) is 10.7. The van der Waals surface area contributed by atoms with E-state index < -0.39 is 23.6 Å². The number of fused-ring (bicyclic) bond motifs is 1. The van der Waals surface area contributed by atoms with Crippen LogP contribution in [0.5, 0.6) is 0 Å². The van der Waals surface area contributed by atoms with E-state index in [2.05, 4.69) is 5.32 Å². The molecule has 9 heteroatoms. The third-order valence-electron chi connectivity index (χ3n) is 7.39. The number of carbonyl (C=O) groups is 1. The van der Waals surface area contributed by atoms with E-state index in [9.17, 15) is 9.18 Å². The Kier molecular flexibility index (Phi) is 8.38. The van der Waals surface area contributed by atoms with Gasteiger partial charge in [-0.1, -0.05) is 41.9 Å². The molecule has 206 valence electrons. The highest BCUT2D eigenvalue weighted by Gasteiger charge is 2.58. The van der Waals surface area contributed by atoms with E-state index in [1.54, 1.807) is 24.3 Å². The molecule has 3 fully saturated rings. The Morgan fingerprint density at radius 1 is 1.13 bits per heavy atom. The van der Waals surface area contributed by atoms with E-state index in [1.165, 1.54) is 6.07 Å². The van der Waals surface area contributed by atoms with E-state index in [-0.39, 0.29) is 50.0 Å². The Hall–Kier alpha value is -2.07. The maximum Gasteiger partial charge on any atom is 0.252 e. The number of nitrogens with one attached hydrogen (secondary N) is 1. The zero-order chi connectivity index (χ0) is 26.8. The summed E-state index contributed by atoms with van der Waals surface area (Å²) in [5.74, 6) is -1.51. The molecular formula is C29H35ClFNO6. The number of hydrogen-bond donors (Lipinski definition) is 1. The highest BCUT2D eigenvalue weighted by molar-refractivity contribution is 6.30. The van der Waals surface area contributed by atoms with Gasteiger partial charge in [-0.25, -0.2) is 4.39 Å². The molecule has 2 aliphatic heterocycles. The van der Waals surface area contributed by atoms with Crippen LogP contribution >= 0.6 is 11.6 Å². The quantitative estimate of drug-likeness (QED) is 0.480. The standard InChI is InChI=1S/C29H35ClFNO6/c1-28(2)37-25-15-29(27(33)32-16-22-10-6-12-34-22,36-18-20-8-3-4-11-23(20)31)14-24(26(25)38-28)35-17-19-7-5-9-21(30)13-19/h3-5,7-9,11,13,22,24-26H,6,10,12,14-18H2,1-2H3,(H,32,33)/t22-,24-,25+,26-,29+/m0/s1. The largest absolute Gasteiger partial charge is 0.376 e. The molecule has 3 aliphatic rings. The molecule has 2 saturated heterocycles. The second kappa shape index (κ2) is 11.6. The molecule has 7 nitrogen and oxygen atoms in total. The first-order chi connectivity index (χ1) is 18.2. The third-order valence-corrected chi connectivity index (χ3v) is 7.63. The highest BCUT2D eigenvalue weighted by atomic mass is 35.5. The van der Waals surface area contributed by atoms with Crippen molar-refractivity contribution in [1.82, 2.24) is 5.32 Å². The lowest BCUT2D eigenvalue weighted by molar-refractivity contribution is -0.184. The Morgan fingerprint density at radius 2 is 1.97 bits per heavy atom. The van der Waals surface area contributed by atoms with E-state index in [0.29, 0.717) is 23.7 Å². The van der Waals surface area contributed by atoms with Crippen molar-refractivity contribution in [3.63, 3.8) is 0 Å². The topological polar surface area (TPSA) is 75.3 Å². The van der Waals surface area contributed by atoms with Crippen LogP contribution in [0.1, 0.15) is 50.7 Å². The molecule has 2 aromatic carbocycles. The van der Waals surface area contributed by atoms with E-state index in [1.807, 2.05) is 32.0 Å². The number of ether oxygens (including phenoxy) is 5. The normalized spacial score (nSPS) is 30.2. The lowest BCUT2D eigenvalue weighted by Gasteiger charge is -2.43. The van der Waals surface area contributed by atoms with Crippen LogP contribution in [0.15, 0.2) is 48.5 Å². The van der Waals surface area contributed by atoms with Crippen molar-refractivity contribution < 1.29 is 32.9 Å². The smallest absolute Gasteiger partial charge is 0.252 e. The molecule has 5 rings (SSSR count). The van der Waals surface area contributed by atoms with Gasteiger partial charge >= 0.3 is 0 Å². The van der Waals surface area contributed by atoms with Gasteiger partial charge in [0.1, 0.15) is 11.9 Å². The summed E-state index contributed by atoms with van der Waals surface area (Å²) in [7, 11) is 0. The van der Waals surface area contributed by atoms with Gasteiger partial charge in [-0.2, -0.15) is 0 Å². The summed E-state index contributed by atoms with van der Waals surface area (Å²) in [6.07, 6.45) is 0.966. The monoisotopic (exact) mass is 547 g/mol. The highest BCUT2D eigenvalue weighted by Crippen LogP contribution is 2.44. The average molecular weight is 548 g/mol. The van der Waals surface area contributed by atoms with Gasteiger partial charge in [-0.15, -0.1) is 0 Å². The number of hydrogen-bond acceptors (Lipinski definition) is 6. The Balaban J connectivity index is 1.40. The van der Waals surface area contributed by atoms with Crippen LogP contribution in [0.25, 0.3) is 0 Å². The van der Waals surface area contributed by atoms with Gasteiger partial charge in [0.15, 0.2) is 11.4 Å². The Bertz CT molecular complexity index is 1130. The summed E-state index contributed by atoms with van der Waals surface area (Å²) in [5, 5.41) is 3.65. The Morgan fingerprint density at radius 3 is 2.74 bits per heavy atom.